The van der Waals surface area contributed by atoms with Gasteiger partial charge < -0.3 is 10.1 Å². The highest BCUT2D eigenvalue weighted by Crippen LogP contribution is 2.18. The lowest BCUT2D eigenvalue weighted by molar-refractivity contribution is 0.363. The number of nitrogens with one attached hydrogen (secondary N) is 1. The maximum absolute atomic E-state index is 5.27. The summed E-state index contributed by atoms with van der Waals surface area (Å²) in [5.74, 6) is 1.60. The van der Waals surface area contributed by atoms with Gasteiger partial charge in [-0.2, -0.15) is 0 Å². The second-order valence-corrected chi connectivity index (χ2v) is 5.00. The summed E-state index contributed by atoms with van der Waals surface area (Å²) in [6, 6.07) is 9.01. The second-order valence-electron chi connectivity index (χ2n) is 5.00. The summed E-state index contributed by atoms with van der Waals surface area (Å²) in [4.78, 5) is 0. The SMILES string of the molecule is CCCNC(CC)C(C)Cc1cccc(OC)c1. The minimum absolute atomic E-state index is 0.608. The number of hydrogen-bond donors (Lipinski definition) is 1. The van der Waals surface area contributed by atoms with Crippen molar-refractivity contribution in [1.82, 2.24) is 5.32 Å². The Hall–Kier alpha value is -1.02. The van der Waals surface area contributed by atoms with E-state index in [1.165, 1.54) is 18.4 Å². The first-order valence-corrected chi connectivity index (χ1v) is 7.07. The van der Waals surface area contributed by atoms with Gasteiger partial charge in [0.1, 0.15) is 5.75 Å². The van der Waals surface area contributed by atoms with Gasteiger partial charge in [-0.1, -0.05) is 32.9 Å². The molecule has 0 bridgehead atoms. The molecule has 0 saturated heterocycles. The smallest absolute Gasteiger partial charge is 0.119 e. The number of rotatable bonds is 8. The minimum atomic E-state index is 0.608. The molecular formula is C16H27NO. The molecule has 0 spiro atoms. The molecule has 18 heavy (non-hydrogen) atoms. The van der Waals surface area contributed by atoms with Gasteiger partial charge in [-0.25, -0.2) is 0 Å². The van der Waals surface area contributed by atoms with Gasteiger partial charge in [0.05, 0.1) is 7.11 Å². The van der Waals surface area contributed by atoms with E-state index in [1.807, 2.05) is 6.07 Å². The van der Waals surface area contributed by atoms with Gasteiger partial charge in [0.2, 0.25) is 0 Å². The van der Waals surface area contributed by atoms with Crippen LogP contribution in [0.25, 0.3) is 0 Å². The number of benzene rings is 1. The van der Waals surface area contributed by atoms with Gasteiger partial charge in [-0.15, -0.1) is 0 Å². The fraction of sp³-hybridized carbons (Fsp3) is 0.625. The predicted molar refractivity (Wildman–Crippen MR) is 78.2 cm³/mol. The molecule has 0 aromatic heterocycles. The summed E-state index contributed by atoms with van der Waals surface area (Å²) >= 11 is 0. The summed E-state index contributed by atoms with van der Waals surface area (Å²) < 4.78 is 5.27. The summed E-state index contributed by atoms with van der Waals surface area (Å²) in [7, 11) is 1.72. The molecule has 0 aliphatic rings. The molecule has 0 amide bonds. The van der Waals surface area contributed by atoms with E-state index in [2.05, 4.69) is 44.3 Å². The van der Waals surface area contributed by atoms with Crippen molar-refractivity contribution in [2.75, 3.05) is 13.7 Å². The van der Waals surface area contributed by atoms with E-state index < -0.39 is 0 Å². The molecular weight excluding hydrogens is 222 g/mol. The normalized spacial score (nSPS) is 14.2. The lowest BCUT2D eigenvalue weighted by Gasteiger charge is -2.24. The van der Waals surface area contributed by atoms with Crippen LogP contribution in [0, 0.1) is 5.92 Å². The Balaban J connectivity index is 2.58. The Morgan fingerprint density at radius 3 is 2.67 bits per heavy atom. The van der Waals surface area contributed by atoms with E-state index in [9.17, 15) is 0 Å². The van der Waals surface area contributed by atoms with Crippen molar-refractivity contribution >= 4 is 0 Å². The van der Waals surface area contributed by atoms with Crippen LogP contribution in [0.15, 0.2) is 24.3 Å². The standard InChI is InChI=1S/C16H27NO/c1-5-10-17-16(6-2)13(3)11-14-8-7-9-15(12-14)18-4/h7-9,12-13,16-17H,5-6,10-11H2,1-4H3. The van der Waals surface area contributed by atoms with Crippen molar-refractivity contribution in [3.05, 3.63) is 29.8 Å². The molecule has 2 atom stereocenters. The van der Waals surface area contributed by atoms with E-state index in [4.69, 9.17) is 4.74 Å². The topological polar surface area (TPSA) is 21.3 Å². The molecule has 1 aromatic carbocycles. The Morgan fingerprint density at radius 2 is 2.06 bits per heavy atom. The van der Waals surface area contributed by atoms with Crippen LogP contribution in [-0.2, 0) is 6.42 Å². The van der Waals surface area contributed by atoms with Crippen LogP contribution in [-0.4, -0.2) is 19.7 Å². The van der Waals surface area contributed by atoms with E-state index in [0.29, 0.717) is 12.0 Å². The molecule has 102 valence electrons. The van der Waals surface area contributed by atoms with Crippen LogP contribution >= 0.6 is 0 Å². The third-order valence-electron chi connectivity index (χ3n) is 3.48. The zero-order valence-electron chi connectivity index (χ0n) is 12.2. The first-order chi connectivity index (χ1) is 8.71. The predicted octanol–water partition coefficient (Wildman–Crippen LogP) is 3.65. The van der Waals surface area contributed by atoms with Crippen LogP contribution in [0.5, 0.6) is 5.75 Å². The van der Waals surface area contributed by atoms with Crippen LogP contribution < -0.4 is 10.1 Å². The first kappa shape index (κ1) is 15.0. The molecule has 0 aliphatic heterocycles. The van der Waals surface area contributed by atoms with Gasteiger partial charge in [0, 0.05) is 6.04 Å². The van der Waals surface area contributed by atoms with Gasteiger partial charge in [-0.05, 0) is 49.4 Å². The average Bonchev–Trinajstić information content (AvgIpc) is 2.40. The molecule has 1 aromatic rings. The molecule has 0 fully saturated rings. The monoisotopic (exact) mass is 249 g/mol. The molecule has 2 heteroatoms. The first-order valence-electron chi connectivity index (χ1n) is 7.07. The average molecular weight is 249 g/mol. The van der Waals surface area contributed by atoms with Crippen molar-refractivity contribution in [3.63, 3.8) is 0 Å². The molecule has 2 nitrogen and oxygen atoms in total. The fourth-order valence-corrected chi connectivity index (χ4v) is 2.39. The quantitative estimate of drug-likeness (QED) is 0.759. The van der Waals surface area contributed by atoms with Crippen molar-refractivity contribution in [2.45, 2.75) is 46.1 Å². The molecule has 0 aliphatic carbocycles. The van der Waals surface area contributed by atoms with Crippen LogP contribution in [0.3, 0.4) is 0 Å². The zero-order chi connectivity index (χ0) is 13.4. The molecule has 1 N–H and O–H groups in total. The second kappa shape index (κ2) is 8.15. The third kappa shape index (κ3) is 4.69. The molecule has 2 unspecified atom stereocenters. The summed E-state index contributed by atoms with van der Waals surface area (Å²) in [6.07, 6.45) is 3.49. The Bertz CT molecular complexity index is 338. The van der Waals surface area contributed by atoms with Gasteiger partial charge in [0.25, 0.3) is 0 Å². The highest BCUT2D eigenvalue weighted by atomic mass is 16.5. The van der Waals surface area contributed by atoms with E-state index in [-0.39, 0.29) is 0 Å². The van der Waals surface area contributed by atoms with E-state index >= 15 is 0 Å². The van der Waals surface area contributed by atoms with Crippen molar-refractivity contribution in [1.29, 1.82) is 0 Å². The third-order valence-corrected chi connectivity index (χ3v) is 3.48. The maximum Gasteiger partial charge on any atom is 0.119 e. The lowest BCUT2D eigenvalue weighted by Crippen LogP contribution is -2.35. The molecule has 1 rings (SSSR count). The van der Waals surface area contributed by atoms with Gasteiger partial charge >= 0.3 is 0 Å². The summed E-state index contributed by atoms with van der Waals surface area (Å²) in [5.41, 5.74) is 1.36. The van der Waals surface area contributed by atoms with E-state index in [0.717, 1.165) is 18.7 Å². The highest BCUT2D eigenvalue weighted by molar-refractivity contribution is 5.28. The van der Waals surface area contributed by atoms with Gasteiger partial charge in [-0.3, -0.25) is 0 Å². The molecule has 0 saturated carbocycles. The van der Waals surface area contributed by atoms with Crippen molar-refractivity contribution in [2.24, 2.45) is 5.92 Å². The summed E-state index contributed by atoms with van der Waals surface area (Å²) in [5, 5.41) is 3.64. The van der Waals surface area contributed by atoms with Crippen molar-refractivity contribution in [3.8, 4) is 5.75 Å². The largest absolute Gasteiger partial charge is 0.497 e. The number of methoxy groups -OCH3 is 1. The van der Waals surface area contributed by atoms with Crippen LogP contribution in [0.2, 0.25) is 0 Å². The number of ether oxygens (including phenoxy) is 1. The Kier molecular flexibility index (Phi) is 6.81. The van der Waals surface area contributed by atoms with Gasteiger partial charge in [0.15, 0.2) is 0 Å². The molecule has 0 radical (unpaired) electrons. The number of hydrogen-bond acceptors (Lipinski definition) is 2. The van der Waals surface area contributed by atoms with Crippen LogP contribution in [0.1, 0.15) is 39.2 Å². The fourth-order valence-electron chi connectivity index (χ4n) is 2.39. The maximum atomic E-state index is 5.27. The van der Waals surface area contributed by atoms with Crippen molar-refractivity contribution < 1.29 is 4.74 Å². The Morgan fingerprint density at radius 1 is 1.28 bits per heavy atom. The molecule has 0 heterocycles. The van der Waals surface area contributed by atoms with E-state index in [1.54, 1.807) is 7.11 Å². The Labute approximate surface area is 112 Å². The highest BCUT2D eigenvalue weighted by Gasteiger charge is 2.15. The zero-order valence-corrected chi connectivity index (χ0v) is 12.2. The van der Waals surface area contributed by atoms with Crippen LogP contribution in [0.4, 0.5) is 0 Å². The lowest BCUT2D eigenvalue weighted by atomic mass is 9.92. The minimum Gasteiger partial charge on any atom is -0.497 e. The summed E-state index contributed by atoms with van der Waals surface area (Å²) in [6.45, 7) is 7.92.